The van der Waals surface area contributed by atoms with E-state index in [4.69, 9.17) is 4.98 Å². The number of rotatable bonds is 4. The van der Waals surface area contributed by atoms with Gasteiger partial charge in [0.2, 0.25) is 0 Å². The van der Waals surface area contributed by atoms with Crippen molar-refractivity contribution in [3.05, 3.63) is 77.5 Å². The quantitative estimate of drug-likeness (QED) is 0.476. The average Bonchev–Trinajstić information content (AvgIpc) is 3.25. The van der Waals surface area contributed by atoms with Gasteiger partial charge in [0.25, 0.3) is 0 Å². The lowest BCUT2D eigenvalue weighted by Gasteiger charge is -2.24. The van der Waals surface area contributed by atoms with Gasteiger partial charge >= 0.3 is 0 Å². The average molecular weight is 434 g/mol. The van der Waals surface area contributed by atoms with Crippen LogP contribution in [0, 0.1) is 11.6 Å². The molecular formula is C24H24F2N6. The number of nitrogens with zero attached hydrogens (tertiary/aromatic N) is 5. The third-order valence-electron chi connectivity index (χ3n) is 5.38. The molecule has 8 heteroatoms. The lowest BCUT2D eigenvalue weighted by atomic mass is 9.85. The molecule has 0 fully saturated rings. The van der Waals surface area contributed by atoms with Gasteiger partial charge < -0.3 is 0 Å². The van der Waals surface area contributed by atoms with Gasteiger partial charge in [-0.1, -0.05) is 20.8 Å². The summed E-state index contributed by atoms with van der Waals surface area (Å²) in [5.74, 6) is -0.674. The Balaban J connectivity index is 1.71. The van der Waals surface area contributed by atoms with Crippen LogP contribution in [0.3, 0.4) is 0 Å². The van der Waals surface area contributed by atoms with Crippen molar-refractivity contribution >= 4 is 0 Å². The molecule has 1 aromatic carbocycles. The Labute approximate surface area is 185 Å². The SMILES string of the molecule is CC(C)(C)c1cc(-c2nccc(C(C)(C)c3ccnc(-c4ccc(F)cc4F)n3)n2)n[nH]1. The number of H-pyrrole nitrogens is 1. The molecule has 3 aromatic heterocycles. The van der Waals surface area contributed by atoms with Crippen LogP contribution in [0.2, 0.25) is 0 Å². The van der Waals surface area contributed by atoms with Gasteiger partial charge in [-0.15, -0.1) is 0 Å². The first-order valence-corrected chi connectivity index (χ1v) is 10.2. The van der Waals surface area contributed by atoms with Gasteiger partial charge in [-0.2, -0.15) is 5.10 Å². The van der Waals surface area contributed by atoms with Crippen LogP contribution < -0.4 is 0 Å². The van der Waals surface area contributed by atoms with Crippen molar-refractivity contribution in [2.24, 2.45) is 0 Å². The molecule has 0 saturated carbocycles. The number of aromatic amines is 1. The van der Waals surface area contributed by atoms with Gasteiger partial charge in [-0.3, -0.25) is 5.10 Å². The van der Waals surface area contributed by atoms with E-state index < -0.39 is 17.0 Å². The molecule has 164 valence electrons. The Kier molecular flexibility index (Phi) is 5.32. The summed E-state index contributed by atoms with van der Waals surface area (Å²) in [6.07, 6.45) is 3.25. The van der Waals surface area contributed by atoms with E-state index in [1.807, 2.05) is 26.0 Å². The fourth-order valence-electron chi connectivity index (χ4n) is 3.29. The first kappa shape index (κ1) is 21.7. The molecular weight excluding hydrogens is 410 g/mol. The van der Waals surface area contributed by atoms with Gasteiger partial charge in [-0.05, 0) is 44.2 Å². The molecule has 32 heavy (non-hydrogen) atoms. The van der Waals surface area contributed by atoms with Crippen LogP contribution >= 0.6 is 0 Å². The second kappa shape index (κ2) is 7.85. The van der Waals surface area contributed by atoms with Crippen LogP contribution in [0.5, 0.6) is 0 Å². The van der Waals surface area contributed by atoms with E-state index in [0.717, 1.165) is 17.5 Å². The van der Waals surface area contributed by atoms with Gasteiger partial charge in [0, 0.05) is 35.0 Å². The van der Waals surface area contributed by atoms with E-state index in [0.29, 0.717) is 17.2 Å². The van der Waals surface area contributed by atoms with Crippen molar-refractivity contribution in [2.75, 3.05) is 0 Å². The topological polar surface area (TPSA) is 80.2 Å². The molecule has 0 aliphatic carbocycles. The molecule has 0 bridgehead atoms. The van der Waals surface area contributed by atoms with Gasteiger partial charge in [0.05, 0.1) is 17.0 Å². The number of halogens is 2. The maximum Gasteiger partial charge on any atom is 0.180 e. The zero-order chi connectivity index (χ0) is 23.1. The Bertz CT molecular complexity index is 1270. The van der Waals surface area contributed by atoms with Crippen molar-refractivity contribution < 1.29 is 8.78 Å². The van der Waals surface area contributed by atoms with E-state index in [1.165, 1.54) is 12.1 Å². The number of hydrogen-bond donors (Lipinski definition) is 1. The third-order valence-corrected chi connectivity index (χ3v) is 5.38. The van der Waals surface area contributed by atoms with Crippen LogP contribution in [-0.4, -0.2) is 30.1 Å². The summed E-state index contributed by atoms with van der Waals surface area (Å²) < 4.78 is 27.6. The summed E-state index contributed by atoms with van der Waals surface area (Å²) in [5.41, 5.74) is 2.45. The molecule has 0 saturated heterocycles. The van der Waals surface area contributed by atoms with Crippen LogP contribution in [0.1, 0.15) is 51.7 Å². The van der Waals surface area contributed by atoms with Crippen LogP contribution in [0.25, 0.3) is 22.9 Å². The first-order valence-electron chi connectivity index (χ1n) is 10.2. The summed E-state index contributed by atoms with van der Waals surface area (Å²) in [6, 6.07) is 8.88. The highest BCUT2D eigenvalue weighted by Crippen LogP contribution is 2.31. The lowest BCUT2D eigenvalue weighted by molar-refractivity contribution is 0.567. The summed E-state index contributed by atoms with van der Waals surface area (Å²) in [5, 5.41) is 7.43. The number of nitrogens with one attached hydrogen (secondary N) is 1. The molecule has 0 unspecified atom stereocenters. The molecule has 0 aliphatic rings. The number of hydrogen-bond acceptors (Lipinski definition) is 5. The Morgan fingerprint density at radius 2 is 1.41 bits per heavy atom. The van der Waals surface area contributed by atoms with Crippen molar-refractivity contribution in [2.45, 2.75) is 45.4 Å². The maximum absolute atomic E-state index is 14.3. The minimum Gasteiger partial charge on any atom is -0.281 e. The molecule has 6 nitrogen and oxygen atoms in total. The second-order valence-electron chi connectivity index (χ2n) is 9.20. The third kappa shape index (κ3) is 4.12. The molecule has 0 aliphatic heterocycles. The minimum absolute atomic E-state index is 0.0743. The molecule has 0 spiro atoms. The van der Waals surface area contributed by atoms with E-state index >= 15 is 0 Å². The summed E-state index contributed by atoms with van der Waals surface area (Å²) in [7, 11) is 0. The summed E-state index contributed by atoms with van der Waals surface area (Å²) in [4.78, 5) is 17.9. The van der Waals surface area contributed by atoms with Crippen molar-refractivity contribution in [3.63, 3.8) is 0 Å². The highest BCUT2D eigenvalue weighted by atomic mass is 19.1. The predicted octanol–water partition coefficient (Wildman–Crippen LogP) is 5.23. The maximum atomic E-state index is 14.3. The van der Waals surface area contributed by atoms with Crippen molar-refractivity contribution in [1.82, 2.24) is 30.1 Å². The smallest absolute Gasteiger partial charge is 0.180 e. The molecule has 0 atom stereocenters. The number of aromatic nitrogens is 6. The van der Waals surface area contributed by atoms with Crippen LogP contribution in [0.4, 0.5) is 8.78 Å². The molecule has 4 aromatic rings. The summed E-state index contributed by atoms with van der Waals surface area (Å²) >= 11 is 0. The number of benzene rings is 1. The molecule has 4 rings (SSSR count). The standard InChI is InChI=1S/C24H24F2N6/c1-23(2,3)20-13-17(31-32-20)22-28-11-9-19(30-22)24(4,5)18-8-10-27-21(29-18)15-7-6-14(25)12-16(15)26/h6-13H,1-5H3,(H,31,32). The second-order valence-corrected chi connectivity index (χ2v) is 9.20. The van der Waals surface area contributed by atoms with E-state index in [2.05, 4.69) is 45.9 Å². The molecule has 3 heterocycles. The van der Waals surface area contributed by atoms with E-state index in [9.17, 15) is 8.78 Å². The van der Waals surface area contributed by atoms with Gasteiger partial charge in [-0.25, -0.2) is 28.7 Å². The van der Waals surface area contributed by atoms with Gasteiger partial charge in [0.15, 0.2) is 11.6 Å². The molecule has 0 radical (unpaired) electrons. The fraction of sp³-hybridized carbons (Fsp3) is 0.292. The van der Waals surface area contributed by atoms with E-state index in [-0.39, 0.29) is 16.8 Å². The fourth-order valence-corrected chi connectivity index (χ4v) is 3.29. The minimum atomic E-state index is -0.711. The van der Waals surface area contributed by atoms with Crippen LogP contribution in [0.15, 0.2) is 48.8 Å². The van der Waals surface area contributed by atoms with Gasteiger partial charge in [0.1, 0.15) is 17.3 Å². The van der Waals surface area contributed by atoms with E-state index in [1.54, 1.807) is 18.5 Å². The van der Waals surface area contributed by atoms with Crippen molar-refractivity contribution in [3.8, 4) is 22.9 Å². The zero-order valence-corrected chi connectivity index (χ0v) is 18.6. The predicted molar refractivity (Wildman–Crippen MR) is 118 cm³/mol. The first-order chi connectivity index (χ1) is 15.1. The Morgan fingerprint density at radius 1 is 0.781 bits per heavy atom. The normalized spacial score (nSPS) is 12.2. The Hall–Kier alpha value is -3.55. The largest absolute Gasteiger partial charge is 0.281 e. The van der Waals surface area contributed by atoms with Crippen LogP contribution in [-0.2, 0) is 10.8 Å². The zero-order valence-electron chi connectivity index (χ0n) is 18.6. The molecule has 0 amide bonds. The highest BCUT2D eigenvalue weighted by molar-refractivity contribution is 5.56. The highest BCUT2D eigenvalue weighted by Gasteiger charge is 2.28. The molecule has 1 N–H and O–H groups in total. The lowest BCUT2D eigenvalue weighted by Crippen LogP contribution is -2.23. The monoisotopic (exact) mass is 434 g/mol. The Morgan fingerprint density at radius 3 is 2.00 bits per heavy atom. The summed E-state index contributed by atoms with van der Waals surface area (Å²) in [6.45, 7) is 10.2. The van der Waals surface area contributed by atoms with Crippen molar-refractivity contribution in [1.29, 1.82) is 0 Å².